The average Bonchev–Trinajstić information content (AvgIpc) is 1.72. The first-order valence-electron chi connectivity index (χ1n) is 2.17. The van der Waals surface area contributed by atoms with Gasteiger partial charge < -0.3 is 0 Å². The van der Waals surface area contributed by atoms with Crippen LogP contribution in [0.25, 0.3) is 0 Å². The molecule has 0 fully saturated rings. The molecule has 6 heavy (non-hydrogen) atoms. The van der Waals surface area contributed by atoms with Crippen molar-refractivity contribution in [2.45, 2.75) is 12.7 Å². The average molecular weight is 78.9 g/mol. The Balaban J connectivity index is 2.46. The van der Waals surface area contributed by atoms with Gasteiger partial charge in [-0.3, -0.25) is 0 Å². The van der Waals surface area contributed by atoms with E-state index in [2.05, 4.69) is 11.0 Å². The van der Waals surface area contributed by atoms with Gasteiger partial charge in [0, 0.05) is 0 Å². The summed E-state index contributed by atoms with van der Waals surface area (Å²) < 4.78 is 0. The van der Waals surface area contributed by atoms with Crippen LogP contribution in [0.2, 0.25) is 6.32 Å². The zero-order valence-electron chi connectivity index (χ0n) is 3.59. The molecule has 0 radical (unpaired) electrons. The van der Waals surface area contributed by atoms with Crippen LogP contribution in [-0.4, -0.2) is 7.07 Å². The predicted octanol–water partition coefficient (Wildman–Crippen LogP) is 1.21. The molecular weight excluding hydrogens is 72.9 g/mol. The molecule has 0 unspecified atom stereocenters. The second-order valence-electron chi connectivity index (χ2n) is 1.29. The first-order valence-corrected chi connectivity index (χ1v) is 2.17. The Kier molecular flexibility index (Phi) is 1.20. The minimum atomic E-state index is 1.12. The van der Waals surface area contributed by atoms with E-state index in [1.165, 1.54) is 6.42 Å². The summed E-state index contributed by atoms with van der Waals surface area (Å²) in [5.41, 5.74) is 0. The van der Waals surface area contributed by atoms with Crippen molar-refractivity contribution < 1.29 is 0 Å². The second kappa shape index (κ2) is 1.90. The molecule has 0 N–H and O–H groups in total. The Labute approximate surface area is 38.0 Å². The summed E-state index contributed by atoms with van der Waals surface area (Å²) in [4.78, 5) is 3.87. The predicted molar refractivity (Wildman–Crippen MR) is 26.7 cm³/mol. The molecule has 0 amide bonds. The normalized spacial score (nSPS) is 17.3. The maximum absolute atomic E-state index is 3.87. The van der Waals surface area contributed by atoms with Gasteiger partial charge in [0.15, 0.2) is 0 Å². The van der Waals surface area contributed by atoms with Gasteiger partial charge in [-0.15, -0.1) is 0 Å². The van der Waals surface area contributed by atoms with Crippen LogP contribution in [0.4, 0.5) is 0 Å². The summed E-state index contributed by atoms with van der Waals surface area (Å²) in [6.45, 7) is 0. The van der Waals surface area contributed by atoms with Crippen molar-refractivity contribution in [3.05, 3.63) is 12.3 Å². The van der Waals surface area contributed by atoms with Crippen LogP contribution in [0.1, 0.15) is 6.42 Å². The number of nitrogens with zero attached hydrogens (tertiary/aromatic N) is 1. The fourth-order valence-corrected chi connectivity index (χ4v) is 0.442. The van der Waals surface area contributed by atoms with Crippen molar-refractivity contribution in [2.75, 3.05) is 0 Å². The van der Waals surface area contributed by atoms with E-state index in [4.69, 9.17) is 0 Å². The zero-order chi connectivity index (χ0) is 4.24. The third-order valence-corrected chi connectivity index (χ3v) is 0.759. The summed E-state index contributed by atoms with van der Waals surface area (Å²) in [5.74, 6) is 0. The summed E-state index contributed by atoms with van der Waals surface area (Å²) >= 11 is 0. The molecule has 1 heterocycles. The molecule has 0 spiro atoms. The Bertz CT molecular complexity index is 73.5. The number of allylic oxidation sites excluding steroid dienone is 1. The molecule has 1 nitrogen and oxygen atoms in total. The van der Waals surface area contributed by atoms with Crippen molar-refractivity contribution in [1.29, 1.82) is 0 Å². The van der Waals surface area contributed by atoms with Crippen LogP contribution in [0.15, 0.2) is 17.2 Å². The van der Waals surface area contributed by atoms with Gasteiger partial charge in [0.25, 0.3) is 0 Å². The van der Waals surface area contributed by atoms with E-state index in [1.54, 1.807) is 0 Å². The van der Waals surface area contributed by atoms with E-state index in [1.807, 2.05) is 13.3 Å². The third kappa shape index (κ3) is 0.779. The van der Waals surface area contributed by atoms with Crippen LogP contribution >= 0.6 is 0 Å². The fourth-order valence-electron chi connectivity index (χ4n) is 0.442. The summed E-state index contributed by atoms with van der Waals surface area (Å²) in [7, 11) is 1.93. The monoisotopic (exact) mass is 79.1 g/mol. The molecule has 1 rings (SSSR count). The third-order valence-electron chi connectivity index (χ3n) is 0.759. The Hall–Kier alpha value is -0.395. The first kappa shape index (κ1) is 3.78. The quantitative estimate of drug-likeness (QED) is 0.387. The molecule has 30 valence electrons. The molecule has 0 bridgehead atoms. The van der Waals surface area contributed by atoms with Crippen molar-refractivity contribution in [1.82, 2.24) is 0 Å². The number of hydrogen-bond donors (Lipinski definition) is 0. The van der Waals surface area contributed by atoms with Crippen LogP contribution in [0.5, 0.6) is 0 Å². The van der Waals surface area contributed by atoms with Crippen molar-refractivity contribution in [2.24, 2.45) is 4.90 Å². The van der Waals surface area contributed by atoms with Crippen molar-refractivity contribution in [3.8, 4) is 0 Å². The topological polar surface area (TPSA) is 12.4 Å². The van der Waals surface area contributed by atoms with Gasteiger partial charge in [0.1, 0.15) is 0 Å². The van der Waals surface area contributed by atoms with E-state index < -0.39 is 0 Å². The van der Waals surface area contributed by atoms with E-state index in [-0.39, 0.29) is 0 Å². The summed E-state index contributed by atoms with van der Waals surface area (Å²) in [6, 6.07) is 0. The summed E-state index contributed by atoms with van der Waals surface area (Å²) in [5, 5.41) is 0. The first-order chi connectivity index (χ1) is 3.00. The molecule has 0 saturated carbocycles. The molecule has 0 saturated heterocycles. The van der Waals surface area contributed by atoms with Crippen LogP contribution in [0.3, 0.4) is 0 Å². The molecule has 0 aromatic rings. The van der Waals surface area contributed by atoms with Gasteiger partial charge in [0.2, 0.25) is 0 Å². The SMILES string of the molecule is B1=NC=CCC1. The van der Waals surface area contributed by atoms with Crippen LogP contribution in [-0.2, 0) is 0 Å². The van der Waals surface area contributed by atoms with Gasteiger partial charge in [0.05, 0.1) is 0 Å². The molecule has 1 aliphatic rings. The van der Waals surface area contributed by atoms with Gasteiger partial charge in [-0.05, 0) is 0 Å². The zero-order valence-corrected chi connectivity index (χ0v) is 3.59. The van der Waals surface area contributed by atoms with E-state index in [0.29, 0.717) is 0 Å². The second-order valence-corrected chi connectivity index (χ2v) is 1.29. The van der Waals surface area contributed by atoms with E-state index in [9.17, 15) is 0 Å². The van der Waals surface area contributed by atoms with Gasteiger partial charge in [-0.1, -0.05) is 0 Å². The van der Waals surface area contributed by atoms with Crippen LogP contribution < -0.4 is 0 Å². The van der Waals surface area contributed by atoms with Crippen LogP contribution in [0, 0.1) is 0 Å². The molecular formula is C4H6BN. The maximum atomic E-state index is 3.87. The van der Waals surface area contributed by atoms with Gasteiger partial charge in [-0.25, -0.2) is 0 Å². The molecule has 0 aliphatic carbocycles. The standard InChI is InChI=1S/C4H6BN/c1-2-4-6-5-3-1/h2,4H,1,3H2. The molecule has 0 aromatic heterocycles. The Morgan fingerprint density at radius 1 is 1.67 bits per heavy atom. The molecule has 0 atom stereocenters. The van der Waals surface area contributed by atoms with Gasteiger partial charge in [-0.2, -0.15) is 0 Å². The summed E-state index contributed by atoms with van der Waals surface area (Å²) in [6.07, 6.45) is 6.20. The number of rotatable bonds is 0. The Morgan fingerprint density at radius 3 is 2.83 bits per heavy atom. The van der Waals surface area contributed by atoms with E-state index >= 15 is 0 Å². The van der Waals surface area contributed by atoms with E-state index in [0.717, 1.165) is 6.32 Å². The Morgan fingerprint density at radius 2 is 2.67 bits per heavy atom. The fraction of sp³-hybridized carbons (Fsp3) is 0.500. The molecule has 1 aliphatic heterocycles. The van der Waals surface area contributed by atoms with Crippen molar-refractivity contribution in [3.63, 3.8) is 0 Å². The number of hydrogen-bond acceptors (Lipinski definition) is 1. The molecule has 0 aromatic carbocycles. The van der Waals surface area contributed by atoms with Crippen molar-refractivity contribution >= 4 is 7.07 Å². The molecule has 2 heteroatoms. The minimum absolute atomic E-state index is 1.12. The van der Waals surface area contributed by atoms with Gasteiger partial charge >= 0.3 is 37.0 Å².